The summed E-state index contributed by atoms with van der Waals surface area (Å²) >= 11 is 0. The average molecular weight is 284 g/mol. The van der Waals surface area contributed by atoms with Gasteiger partial charge in [0.25, 0.3) is 6.01 Å². The summed E-state index contributed by atoms with van der Waals surface area (Å²) in [7, 11) is 0. The number of aliphatic hydroxyl groups excluding tert-OH is 3. The van der Waals surface area contributed by atoms with Crippen LogP contribution in [0.5, 0.6) is 0 Å². The topological polar surface area (TPSA) is 168 Å². The number of ether oxygens (including phenoxy) is 1. The van der Waals surface area contributed by atoms with Crippen LogP contribution in [-0.2, 0) is 4.74 Å². The highest BCUT2D eigenvalue weighted by Crippen LogP contribution is 2.35. The summed E-state index contributed by atoms with van der Waals surface area (Å²) in [5, 5.41) is 34.9. The van der Waals surface area contributed by atoms with Gasteiger partial charge in [0, 0.05) is 0 Å². The van der Waals surface area contributed by atoms with Crippen LogP contribution in [0.4, 0.5) is 6.01 Å². The molecule has 4 atom stereocenters. The van der Waals surface area contributed by atoms with Crippen molar-refractivity contribution in [3.8, 4) is 0 Å². The molecule has 0 bridgehead atoms. The lowest BCUT2D eigenvalue weighted by atomic mass is 10.1. The molecule has 1 aliphatic rings. The average Bonchev–Trinajstić information content (AvgIpc) is 2.93. The Balaban J connectivity index is 2.09. The lowest BCUT2D eigenvalue weighted by molar-refractivity contribution is -0.0238. The van der Waals surface area contributed by atoms with Crippen molar-refractivity contribution in [2.45, 2.75) is 24.4 Å². The molecule has 10 nitrogen and oxygen atoms in total. The van der Waals surface area contributed by atoms with E-state index in [1.807, 2.05) is 0 Å². The van der Waals surface area contributed by atoms with E-state index in [4.69, 9.17) is 20.0 Å². The smallest absolute Gasteiger partial charge is 0.303 e. The van der Waals surface area contributed by atoms with E-state index in [9.17, 15) is 15.0 Å². The number of H-pyrrole nitrogens is 1. The number of nitrogens with zero attached hydrogens (tertiary/aromatic N) is 2. The Morgan fingerprint density at radius 2 is 2.10 bits per heavy atom. The van der Waals surface area contributed by atoms with Crippen molar-refractivity contribution in [1.29, 1.82) is 0 Å². The van der Waals surface area contributed by atoms with Gasteiger partial charge in [-0.25, -0.2) is 0 Å². The van der Waals surface area contributed by atoms with Gasteiger partial charge in [0.1, 0.15) is 30.1 Å². The van der Waals surface area contributed by atoms with Gasteiger partial charge in [0.05, 0.1) is 6.61 Å². The number of rotatable bonds is 2. The van der Waals surface area contributed by atoms with Gasteiger partial charge < -0.3 is 30.2 Å². The molecule has 1 saturated heterocycles. The highest BCUT2D eigenvalue weighted by Gasteiger charge is 2.45. The molecule has 0 aliphatic carbocycles. The number of aromatic nitrogens is 3. The first-order chi connectivity index (χ1) is 9.52. The lowest BCUT2D eigenvalue weighted by Gasteiger charge is -2.11. The zero-order valence-corrected chi connectivity index (χ0v) is 10.1. The van der Waals surface area contributed by atoms with Crippen molar-refractivity contribution in [1.82, 2.24) is 15.2 Å². The predicted octanol–water partition coefficient (Wildman–Crippen LogP) is -2.35. The highest BCUT2D eigenvalue weighted by molar-refractivity contribution is 5.74. The molecule has 3 heterocycles. The number of aromatic amines is 1. The molecule has 20 heavy (non-hydrogen) atoms. The van der Waals surface area contributed by atoms with E-state index in [1.165, 1.54) is 0 Å². The van der Waals surface area contributed by atoms with Crippen LogP contribution in [0.2, 0.25) is 0 Å². The van der Waals surface area contributed by atoms with E-state index < -0.39 is 36.6 Å². The van der Waals surface area contributed by atoms with Crippen molar-refractivity contribution < 1.29 is 24.5 Å². The fourth-order valence-electron chi connectivity index (χ4n) is 2.20. The quantitative estimate of drug-likeness (QED) is 0.405. The van der Waals surface area contributed by atoms with Gasteiger partial charge in [-0.1, -0.05) is 0 Å². The molecule has 1 fully saturated rings. The number of anilines is 1. The van der Waals surface area contributed by atoms with Crippen molar-refractivity contribution in [3.05, 3.63) is 16.0 Å². The van der Waals surface area contributed by atoms with E-state index in [0.717, 1.165) is 0 Å². The number of hydrogen-bond donors (Lipinski definition) is 5. The maximum absolute atomic E-state index is 11.6. The number of fused-ring (bicyclic) bond motifs is 1. The Kier molecular flexibility index (Phi) is 2.94. The number of nitrogen functional groups attached to an aromatic ring is 1. The van der Waals surface area contributed by atoms with Crippen molar-refractivity contribution in [2.24, 2.45) is 0 Å². The van der Waals surface area contributed by atoms with Crippen LogP contribution in [-0.4, -0.2) is 55.4 Å². The molecule has 2 aromatic heterocycles. The molecule has 3 rings (SSSR count). The second kappa shape index (κ2) is 4.52. The molecule has 0 spiro atoms. The molecule has 0 saturated carbocycles. The van der Waals surface area contributed by atoms with E-state index in [2.05, 4.69) is 15.2 Å². The SMILES string of the molecule is Nc1nc(=O)c2[nH]nc([C@@H]3O[C@H](CO)[C@@H](O)[C@H]3O)c2o1. The summed E-state index contributed by atoms with van der Waals surface area (Å²) in [6.45, 7) is -0.468. The molecular weight excluding hydrogens is 272 g/mol. The van der Waals surface area contributed by atoms with Crippen molar-refractivity contribution >= 4 is 17.1 Å². The van der Waals surface area contributed by atoms with Crippen LogP contribution in [0.15, 0.2) is 9.21 Å². The largest absolute Gasteiger partial charge is 0.421 e. The lowest BCUT2D eigenvalue weighted by Crippen LogP contribution is -2.32. The number of nitrogens with one attached hydrogen (secondary N) is 1. The summed E-state index contributed by atoms with van der Waals surface area (Å²) in [5.41, 5.74) is 4.75. The van der Waals surface area contributed by atoms with Gasteiger partial charge in [-0.3, -0.25) is 9.89 Å². The van der Waals surface area contributed by atoms with Gasteiger partial charge in [-0.05, 0) is 0 Å². The molecule has 6 N–H and O–H groups in total. The summed E-state index contributed by atoms with van der Waals surface area (Å²) in [6.07, 6.45) is -4.60. The number of nitrogens with two attached hydrogens (primary N) is 1. The molecule has 108 valence electrons. The van der Waals surface area contributed by atoms with E-state index in [1.54, 1.807) is 0 Å². The number of hydrogen-bond acceptors (Lipinski definition) is 9. The second-order valence-electron chi connectivity index (χ2n) is 4.43. The van der Waals surface area contributed by atoms with E-state index in [0.29, 0.717) is 0 Å². The van der Waals surface area contributed by atoms with Gasteiger partial charge in [-0.15, -0.1) is 0 Å². The summed E-state index contributed by atoms with van der Waals surface area (Å²) < 4.78 is 10.4. The van der Waals surface area contributed by atoms with Crippen molar-refractivity contribution in [3.63, 3.8) is 0 Å². The Morgan fingerprint density at radius 1 is 1.35 bits per heavy atom. The van der Waals surface area contributed by atoms with Crippen LogP contribution in [0.25, 0.3) is 11.1 Å². The monoisotopic (exact) mass is 284 g/mol. The van der Waals surface area contributed by atoms with Crippen LogP contribution in [0.3, 0.4) is 0 Å². The minimum absolute atomic E-state index is 0.00246. The number of aliphatic hydroxyl groups is 3. The molecule has 0 radical (unpaired) electrons. The third-order valence-corrected chi connectivity index (χ3v) is 3.19. The fraction of sp³-hybridized carbons (Fsp3) is 0.500. The zero-order chi connectivity index (χ0) is 14.4. The summed E-state index contributed by atoms with van der Waals surface area (Å²) in [4.78, 5) is 15.0. The summed E-state index contributed by atoms with van der Waals surface area (Å²) in [6, 6.07) is -0.350. The second-order valence-corrected chi connectivity index (χ2v) is 4.43. The maximum atomic E-state index is 11.6. The highest BCUT2D eigenvalue weighted by atomic mass is 16.6. The van der Waals surface area contributed by atoms with Crippen LogP contribution in [0, 0.1) is 0 Å². The van der Waals surface area contributed by atoms with Gasteiger partial charge in [0.2, 0.25) is 0 Å². The minimum atomic E-state index is -1.32. The Labute approximate surface area is 110 Å². The molecule has 0 aromatic carbocycles. The van der Waals surface area contributed by atoms with Crippen LogP contribution >= 0.6 is 0 Å². The van der Waals surface area contributed by atoms with Gasteiger partial charge in [0.15, 0.2) is 11.1 Å². The third-order valence-electron chi connectivity index (χ3n) is 3.19. The predicted molar refractivity (Wildman–Crippen MR) is 63.6 cm³/mol. The van der Waals surface area contributed by atoms with E-state index >= 15 is 0 Å². The Morgan fingerprint density at radius 3 is 2.75 bits per heavy atom. The fourth-order valence-corrected chi connectivity index (χ4v) is 2.20. The first-order valence-electron chi connectivity index (χ1n) is 5.80. The molecule has 2 aromatic rings. The molecular formula is C10H12N4O6. The molecule has 0 unspecified atom stereocenters. The first-order valence-corrected chi connectivity index (χ1v) is 5.80. The van der Waals surface area contributed by atoms with Crippen molar-refractivity contribution in [2.75, 3.05) is 12.3 Å². The van der Waals surface area contributed by atoms with Crippen LogP contribution < -0.4 is 11.3 Å². The minimum Gasteiger partial charge on any atom is -0.421 e. The molecule has 1 aliphatic heterocycles. The summed E-state index contributed by atoms with van der Waals surface area (Å²) in [5.74, 6) is 0. The van der Waals surface area contributed by atoms with Crippen LogP contribution in [0.1, 0.15) is 11.8 Å². The molecule has 10 heteroatoms. The Bertz CT molecular complexity index is 697. The molecule has 0 amide bonds. The third kappa shape index (κ3) is 1.78. The van der Waals surface area contributed by atoms with Gasteiger partial charge >= 0.3 is 5.56 Å². The maximum Gasteiger partial charge on any atom is 0.303 e. The normalized spacial score (nSPS) is 30.1. The standard InChI is InChI=1S/C10H12N4O6/c11-10-12-9(18)4-7(20-10)3(13-14-4)8-6(17)5(16)2(1-15)19-8/h2,5-6,8,15-17H,1H2,(H,13,14)(H2,11,12,18)/t2-,5-,6-,8+/m1/s1. The van der Waals surface area contributed by atoms with Gasteiger partial charge in [-0.2, -0.15) is 10.1 Å². The Hall–Kier alpha value is -2.01. The van der Waals surface area contributed by atoms with E-state index in [-0.39, 0.29) is 22.8 Å². The first kappa shape index (κ1) is 13.0. The zero-order valence-electron chi connectivity index (χ0n) is 10.1.